The highest BCUT2D eigenvalue weighted by molar-refractivity contribution is 7.90. The lowest BCUT2D eigenvalue weighted by atomic mass is 10.1. The first-order chi connectivity index (χ1) is 9.33. The van der Waals surface area contributed by atoms with Crippen LogP contribution in [0.25, 0.3) is 0 Å². The van der Waals surface area contributed by atoms with E-state index >= 15 is 0 Å². The second-order valence-corrected chi connectivity index (χ2v) is 7.16. The van der Waals surface area contributed by atoms with Crippen molar-refractivity contribution in [3.05, 3.63) is 17.0 Å². The monoisotopic (exact) mass is 334 g/mol. The molecule has 0 fully saturated rings. The van der Waals surface area contributed by atoms with Gasteiger partial charge in [0.05, 0.1) is 24.4 Å². The molecule has 0 radical (unpaired) electrons. The van der Waals surface area contributed by atoms with E-state index in [2.05, 4.69) is 5.10 Å². The number of aromatic nitrogens is 2. The number of hydrogen-bond acceptors (Lipinski definition) is 4. The van der Waals surface area contributed by atoms with Gasteiger partial charge >= 0.3 is 6.18 Å². The van der Waals surface area contributed by atoms with Crippen LogP contribution in [0.1, 0.15) is 23.1 Å². The Balaban J connectivity index is 2.49. The molecule has 0 saturated heterocycles. The molecule has 2 rings (SSSR count). The number of aryl methyl sites for hydroxylation is 1. The third kappa shape index (κ3) is 3.03. The normalized spacial score (nSPS) is 21.6. The predicted octanol–water partition coefficient (Wildman–Crippen LogP) is 1.17. The lowest BCUT2D eigenvalue weighted by Crippen LogP contribution is -2.25. The van der Waals surface area contributed by atoms with Crippen LogP contribution in [0.4, 0.5) is 22.0 Å². The van der Waals surface area contributed by atoms with Crippen molar-refractivity contribution < 1.29 is 35.5 Å². The topological polar surface area (TPSA) is 72.2 Å². The van der Waals surface area contributed by atoms with Crippen LogP contribution in [-0.2, 0) is 29.0 Å². The van der Waals surface area contributed by atoms with Crippen LogP contribution in [-0.4, -0.2) is 41.2 Å². The summed E-state index contributed by atoms with van der Waals surface area (Å²) in [7, 11) is -3.50. The van der Waals surface area contributed by atoms with Crippen molar-refractivity contribution in [2.75, 3.05) is 12.0 Å². The maximum absolute atomic E-state index is 13.4. The molecule has 1 aromatic heterocycles. The molecule has 0 aromatic carbocycles. The molecular formula is C10H11F5N2O3S. The van der Waals surface area contributed by atoms with Crippen LogP contribution < -0.4 is 0 Å². The van der Waals surface area contributed by atoms with Gasteiger partial charge in [0.25, 0.3) is 5.92 Å². The van der Waals surface area contributed by atoms with E-state index in [4.69, 9.17) is 0 Å². The molecule has 1 aromatic rings. The largest absolute Gasteiger partial charge is 0.435 e. The van der Waals surface area contributed by atoms with E-state index in [0.29, 0.717) is 4.68 Å². The van der Waals surface area contributed by atoms with Crippen molar-refractivity contribution >= 4 is 9.84 Å². The highest BCUT2D eigenvalue weighted by Crippen LogP contribution is 2.48. The molecular weight excluding hydrogens is 323 g/mol. The molecule has 1 N–H and O–H groups in total. The number of rotatable bonds is 3. The minimum absolute atomic E-state index is 0.483. The molecule has 1 heterocycles. The summed E-state index contributed by atoms with van der Waals surface area (Å²) in [6, 6.07) is 0. The molecule has 0 saturated carbocycles. The molecule has 0 spiro atoms. The number of fused-ring (bicyclic) bond motifs is 1. The van der Waals surface area contributed by atoms with Gasteiger partial charge in [-0.3, -0.25) is 4.68 Å². The molecule has 5 nitrogen and oxygen atoms in total. The third-order valence-electron chi connectivity index (χ3n) is 3.12. The average molecular weight is 334 g/mol. The van der Waals surface area contributed by atoms with Crippen LogP contribution in [0, 0.1) is 0 Å². The van der Waals surface area contributed by atoms with Crippen molar-refractivity contribution in [1.82, 2.24) is 9.78 Å². The first-order valence-corrected chi connectivity index (χ1v) is 7.79. The second kappa shape index (κ2) is 4.63. The van der Waals surface area contributed by atoms with E-state index in [0.717, 1.165) is 6.26 Å². The quantitative estimate of drug-likeness (QED) is 0.843. The Morgan fingerprint density at radius 1 is 1.43 bits per heavy atom. The molecule has 0 amide bonds. The zero-order chi connectivity index (χ0) is 16.2. The Labute approximate surface area is 116 Å². The second-order valence-electron chi connectivity index (χ2n) is 4.90. The van der Waals surface area contributed by atoms with Crippen molar-refractivity contribution in [2.24, 2.45) is 0 Å². The number of halogens is 5. The average Bonchev–Trinajstić information content (AvgIpc) is 2.71. The van der Waals surface area contributed by atoms with E-state index < -0.39 is 63.7 Å². The van der Waals surface area contributed by atoms with Crippen LogP contribution in [0.15, 0.2) is 0 Å². The van der Waals surface area contributed by atoms with E-state index in [9.17, 15) is 35.5 Å². The third-order valence-corrected chi connectivity index (χ3v) is 4.04. The van der Waals surface area contributed by atoms with Gasteiger partial charge in [-0.05, 0) is 0 Å². The minimum Gasteiger partial charge on any atom is -0.382 e. The van der Waals surface area contributed by atoms with Gasteiger partial charge in [0, 0.05) is 11.8 Å². The van der Waals surface area contributed by atoms with Crippen molar-refractivity contribution in [3.8, 4) is 0 Å². The summed E-state index contributed by atoms with van der Waals surface area (Å²) >= 11 is 0. The van der Waals surface area contributed by atoms with E-state index in [1.165, 1.54) is 0 Å². The molecule has 11 heteroatoms. The number of sulfone groups is 1. The van der Waals surface area contributed by atoms with Gasteiger partial charge in [-0.2, -0.15) is 18.3 Å². The number of alkyl halides is 5. The Bertz CT molecular complexity index is 665. The Kier molecular flexibility index (Phi) is 3.56. The lowest BCUT2D eigenvalue weighted by molar-refractivity contribution is -0.146. The van der Waals surface area contributed by atoms with Crippen LogP contribution >= 0.6 is 0 Å². The van der Waals surface area contributed by atoms with Crippen molar-refractivity contribution in [3.63, 3.8) is 0 Å². The number of hydrogen-bond donors (Lipinski definition) is 1. The molecule has 21 heavy (non-hydrogen) atoms. The fourth-order valence-electron chi connectivity index (χ4n) is 2.16. The van der Waals surface area contributed by atoms with Gasteiger partial charge in [0.2, 0.25) is 0 Å². The van der Waals surface area contributed by atoms with Crippen molar-refractivity contribution in [1.29, 1.82) is 0 Å². The van der Waals surface area contributed by atoms with Crippen LogP contribution in [0.2, 0.25) is 0 Å². The van der Waals surface area contributed by atoms with Crippen molar-refractivity contribution in [2.45, 2.75) is 31.2 Å². The Morgan fingerprint density at radius 2 is 2.00 bits per heavy atom. The number of nitrogens with zero attached hydrogens (tertiary/aromatic N) is 2. The van der Waals surface area contributed by atoms with Gasteiger partial charge in [0.15, 0.2) is 5.69 Å². The predicted molar refractivity (Wildman–Crippen MR) is 60.6 cm³/mol. The molecule has 120 valence electrons. The summed E-state index contributed by atoms with van der Waals surface area (Å²) in [4.78, 5) is 0. The SMILES string of the molecule is CS(=O)(=O)CCn1nc(C(F)(F)F)c2c1CC(F)(F)C2O. The molecule has 1 unspecified atom stereocenters. The Hall–Kier alpha value is -1.23. The first-order valence-electron chi connectivity index (χ1n) is 5.73. The highest BCUT2D eigenvalue weighted by atomic mass is 32.2. The molecule has 0 bridgehead atoms. The summed E-state index contributed by atoms with van der Waals surface area (Å²) in [5.74, 6) is -4.28. The van der Waals surface area contributed by atoms with E-state index in [-0.39, 0.29) is 0 Å². The maximum atomic E-state index is 13.4. The summed E-state index contributed by atoms with van der Waals surface area (Å²) in [6.07, 6.45) is -7.86. The molecule has 1 aliphatic rings. The molecule has 1 aliphatic carbocycles. The summed E-state index contributed by atoms with van der Waals surface area (Å²) in [6.45, 7) is -0.486. The van der Waals surface area contributed by atoms with E-state index in [1.807, 2.05) is 0 Å². The summed E-state index contributed by atoms with van der Waals surface area (Å²) < 4.78 is 87.9. The van der Waals surface area contributed by atoms with Gasteiger partial charge in [-0.1, -0.05) is 0 Å². The summed E-state index contributed by atoms with van der Waals surface area (Å²) in [5.41, 5.74) is -3.06. The lowest BCUT2D eigenvalue weighted by Gasteiger charge is -2.15. The molecule has 0 aliphatic heterocycles. The van der Waals surface area contributed by atoms with Gasteiger partial charge in [0.1, 0.15) is 15.9 Å². The van der Waals surface area contributed by atoms with Gasteiger partial charge < -0.3 is 5.11 Å². The number of aliphatic hydroxyl groups excluding tert-OH is 1. The fraction of sp³-hybridized carbons (Fsp3) is 0.700. The van der Waals surface area contributed by atoms with Gasteiger partial charge in [-0.25, -0.2) is 17.2 Å². The highest BCUT2D eigenvalue weighted by Gasteiger charge is 2.54. The van der Waals surface area contributed by atoms with Crippen LogP contribution in [0.5, 0.6) is 0 Å². The number of aliphatic hydroxyl groups is 1. The minimum atomic E-state index is -5.01. The zero-order valence-electron chi connectivity index (χ0n) is 10.7. The first kappa shape index (κ1) is 16.1. The standard InChI is InChI=1S/C10H11F5N2O3S/c1-21(19,20)3-2-17-5-4-9(11,12)8(18)6(5)7(16-17)10(13,14)15/h8,18H,2-4H2,1H3. The fourth-order valence-corrected chi connectivity index (χ4v) is 2.67. The Morgan fingerprint density at radius 3 is 2.48 bits per heavy atom. The molecule has 1 atom stereocenters. The smallest absolute Gasteiger partial charge is 0.382 e. The zero-order valence-corrected chi connectivity index (χ0v) is 11.5. The van der Waals surface area contributed by atoms with Gasteiger partial charge in [-0.15, -0.1) is 0 Å². The van der Waals surface area contributed by atoms with E-state index in [1.54, 1.807) is 0 Å². The maximum Gasteiger partial charge on any atom is 0.435 e. The van der Waals surface area contributed by atoms with Crippen LogP contribution in [0.3, 0.4) is 0 Å². The summed E-state index contributed by atoms with van der Waals surface area (Å²) in [5, 5.41) is 12.5.